The van der Waals surface area contributed by atoms with Crippen LogP contribution in [-0.4, -0.2) is 65.1 Å². The lowest BCUT2D eigenvalue weighted by Gasteiger charge is -2.34. The number of anilines is 1. The van der Waals surface area contributed by atoms with Crippen LogP contribution in [0.25, 0.3) is 16.6 Å². The number of thiophene rings is 1. The van der Waals surface area contributed by atoms with E-state index < -0.39 is 0 Å². The summed E-state index contributed by atoms with van der Waals surface area (Å²) in [5, 5.41) is 4.62. The summed E-state index contributed by atoms with van der Waals surface area (Å²) in [5.41, 5.74) is 3.37. The minimum absolute atomic E-state index is 0.300. The van der Waals surface area contributed by atoms with E-state index in [1.165, 1.54) is 11.9 Å². The molecule has 10 heteroatoms. The highest BCUT2D eigenvalue weighted by Crippen LogP contribution is 2.25. The van der Waals surface area contributed by atoms with Crippen molar-refractivity contribution in [3.05, 3.63) is 64.3 Å². The summed E-state index contributed by atoms with van der Waals surface area (Å²) in [7, 11) is 3.69. The van der Waals surface area contributed by atoms with Gasteiger partial charge in [0.2, 0.25) is 5.95 Å². The van der Waals surface area contributed by atoms with Crippen LogP contribution in [0.3, 0.4) is 0 Å². The third kappa shape index (κ3) is 6.99. The van der Waals surface area contributed by atoms with Gasteiger partial charge in [0.25, 0.3) is 5.91 Å². The fourth-order valence-corrected chi connectivity index (χ4v) is 5.48. The molecule has 0 radical (unpaired) electrons. The van der Waals surface area contributed by atoms with Crippen molar-refractivity contribution in [3.8, 4) is 10.6 Å². The van der Waals surface area contributed by atoms with E-state index in [0.29, 0.717) is 28.1 Å². The van der Waals surface area contributed by atoms with Gasteiger partial charge < -0.3 is 15.1 Å². The monoisotopic (exact) mass is 522 g/mol. The number of thioether (sulfide) groups is 1. The largest absolute Gasteiger partial charge is 0.355 e. The van der Waals surface area contributed by atoms with Crippen LogP contribution in [0, 0.1) is 5.92 Å². The second-order valence-corrected chi connectivity index (χ2v) is 10.5. The molecule has 8 nitrogen and oxygen atoms in total. The Kier molecular flexibility index (Phi) is 9.21. The molecule has 3 aromatic rings. The Balaban J connectivity index is 1.31. The third-order valence-electron chi connectivity index (χ3n) is 6.05. The number of aromatic nitrogens is 3. The lowest BCUT2D eigenvalue weighted by molar-refractivity contribution is -0.116. The molecule has 0 spiro atoms. The topological polar surface area (TPSA) is 91.3 Å². The number of likely N-dealkylation sites (N-methyl/N-ethyl adjacent to an activating group) is 1. The normalized spacial score (nSPS) is 14.8. The molecule has 188 valence electrons. The van der Waals surface area contributed by atoms with Gasteiger partial charge in [0.1, 0.15) is 0 Å². The number of piperidine rings is 1. The molecular weight excluding hydrogens is 492 g/mol. The minimum atomic E-state index is -0.314. The summed E-state index contributed by atoms with van der Waals surface area (Å²) < 4.78 is 0. The third-order valence-corrected chi connectivity index (χ3v) is 7.59. The van der Waals surface area contributed by atoms with Crippen LogP contribution in [0.5, 0.6) is 0 Å². The molecule has 4 rings (SSSR count). The van der Waals surface area contributed by atoms with Crippen molar-refractivity contribution in [1.29, 1.82) is 0 Å². The number of hydrogen-bond acceptors (Lipinski definition) is 9. The minimum Gasteiger partial charge on any atom is -0.355 e. The summed E-state index contributed by atoms with van der Waals surface area (Å²) in [6.45, 7) is 3.59. The number of carbonyl (C=O) groups is 2. The average Bonchev–Trinajstić information content (AvgIpc) is 3.44. The molecule has 0 aliphatic carbocycles. The van der Waals surface area contributed by atoms with Crippen molar-refractivity contribution in [1.82, 2.24) is 25.2 Å². The molecule has 3 aromatic heterocycles. The van der Waals surface area contributed by atoms with Crippen molar-refractivity contribution < 1.29 is 9.59 Å². The molecule has 0 saturated carbocycles. The summed E-state index contributed by atoms with van der Waals surface area (Å²) in [4.78, 5) is 42.8. The molecule has 1 saturated heterocycles. The smallest absolute Gasteiger partial charge is 0.257 e. The van der Waals surface area contributed by atoms with Crippen molar-refractivity contribution in [2.24, 2.45) is 5.92 Å². The average molecular weight is 523 g/mol. The Labute approximate surface area is 219 Å². The highest BCUT2D eigenvalue weighted by Gasteiger charge is 2.22. The number of carbonyl (C=O) groups excluding carboxylic acids is 2. The van der Waals surface area contributed by atoms with Gasteiger partial charge in [-0.1, -0.05) is 12.1 Å². The first-order chi connectivity index (χ1) is 17.6. The van der Waals surface area contributed by atoms with Crippen LogP contribution < -0.4 is 10.2 Å². The molecule has 1 fully saturated rings. The zero-order chi connectivity index (χ0) is 25.3. The van der Waals surface area contributed by atoms with E-state index in [-0.39, 0.29) is 5.91 Å². The Hall–Kier alpha value is -3.08. The van der Waals surface area contributed by atoms with Crippen LogP contribution in [0.1, 0.15) is 24.2 Å². The van der Waals surface area contributed by atoms with Crippen LogP contribution in [0.2, 0.25) is 0 Å². The van der Waals surface area contributed by atoms with E-state index in [9.17, 15) is 9.59 Å². The molecule has 1 aliphatic rings. The maximum atomic E-state index is 12.0. The molecule has 0 unspecified atom stereocenters. The van der Waals surface area contributed by atoms with E-state index in [1.807, 2.05) is 0 Å². The maximum Gasteiger partial charge on any atom is 0.257 e. The van der Waals surface area contributed by atoms with Crippen molar-refractivity contribution in [2.45, 2.75) is 19.4 Å². The second kappa shape index (κ2) is 12.8. The number of nitrogens with zero attached hydrogens (tertiary/aromatic N) is 5. The lowest BCUT2D eigenvalue weighted by atomic mass is 9.96. The Bertz CT molecular complexity index is 1190. The van der Waals surface area contributed by atoms with Gasteiger partial charge in [-0.15, -0.1) is 11.3 Å². The van der Waals surface area contributed by atoms with Crippen LogP contribution >= 0.6 is 23.1 Å². The molecule has 0 aromatic carbocycles. The number of nitrogens with one attached hydrogen (secondary N) is 1. The predicted octanol–water partition coefficient (Wildman–Crippen LogP) is 3.96. The Morgan fingerprint density at radius 2 is 2.06 bits per heavy atom. The second-order valence-electron chi connectivity index (χ2n) is 8.70. The van der Waals surface area contributed by atoms with Gasteiger partial charge in [0.05, 0.1) is 26.9 Å². The molecule has 36 heavy (non-hydrogen) atoms. The van der Waals surface area contributed by atoms with Gasteiger partial charge in [-0.05, 0) is 73.3 Å². The summed E-state index contributed by atoms with van der Waals surface area (Å²) >= 11 is 2.55. The molecule has 4 heterocycles. The Morgan fingerprint density at radius 3 is 2.78 bits per heavy atom. The molecule has 0 atom stereocenters. The van der Waals surface area contributed by atoms with Gasteiger partial charge >= 0.3 is 0 Å². The van der Waals surface area contributed by atoms with Crippen molar-refractivity contribution in [3.63, 3.8) is 0 Å². The first-order valence-electron chi connectivity index (χ1n) is 11.9. The van der Waals surface area contributed by atoms with Gasteiger partial charge in [0, 0.05) is 39.4 Å². The number of rotatable bonds is 10. The van der Waals surface area contributed by atoms with E-state index in [0.717, 1.165) is 62.2 Å². The SMILES string of the molecule is CNC(=O)/C(=C/c1ccnc(N2CCC(CN(C)Cc3cccc(-c4cccs4)n3)CC2)n1)SC=O. The van der Waals surface area contributed by atoms with Gasteiger partial charge in [0.15, 0.2) is 5.62 Å². The Morgan fingerprint density at radius 1 is 1.22 bits per heavy atom. The summed E-state index contributed by atoms with van der Waals surface area (Å²) in [5.74, 6) is 0.932. The summed E-state index contributed by atoms with van der Waals surface area (Å²) in [6, 6.07) is 12.1. The van der Waals surface area contributed by atoms with E-state index in [4.69, 9.17) is 4.98 Å². The van der Waals surface area contributed by atoms with Crippen LogP contribution in [-0.2, 0) is 16.1 Å². The molecule has 1 amide bonds. The zero-order valence-electron chi connectivity index (χ0n) is 20.5. The van der Waals surface area contributed by atoms with Crippen molar-refractivity contribution in [2.75, 3.05) is 38.6 Å². The maximum absolute atomic E-state index is 12.0. The van der Waals surface area contributed by atoms with Crippen LogP contribution in [0.4, 0.5) is 5.95 Å². The fourth-order valence-electron chi connectivity index (χ4n) is 4.28. The summed E-state index contributed by atoms with van der Waals surface area (Å²) in [6.07, 6.45) is 5.42. The quantitative estimate of drug-likeness (QED) is 0.316. The number of pyridine rings is 1. The highest BCUT2D eigenvalue weighted by atomic mass is 32.2. The first kappa shape index (κ1) is 26.0. The highest BCUT2D eigenvalue weighted by molar-refractivity contribution is 8.16. The first-order valence-corrected chi connectivity index (χ1v) is 13.6. The van der Waals surface area contributed by atoms with Crippen LogP contribution in [0.15, 0.2) is 52.9 Å². The van der Waals surface area contributed by atoms with Gasteiger partial charge in [-0.2, -0.15) is 0 Å². The molecular formula is C26H30N6O2S2. The number of amides is 1. The molecule has 1 aliphatic heterocycles. The van der Waals surface area contributed by atoms with E-state index >= 15 is 0 Å². The number of hydrogen-bond donors (Lipinski definition) is 1. The van der Waals surface area contributed by atoms with Gasteiger partial charge in [-0.25, -0.2) is 9.97 Å². The van der Waals surface area contributed by atoms with Gasteiger partial charge in [-0.3, -0.25) is 14.6 Å². The standard InChI is InChI=1S/C26H30N6O2S2/c1-27-25(34)24(36-18-33)15-20-8-11-28-26(30-20)32-12-9-19(10-13-32)16-31(2)17-21-5-3-6-22(29-21)23-7-4-14-35-23/h3-8,11,14-15,18-19H,9-10,12-13,16-17H2,1-2H3,(H,27,34)/b24-15-. The van der Waals surface area contributed by atoms with E-state index in [1.54, 1.807) is 29.7 Å². The van der Waals surface area contributed by atoms with E-state index in [2.05, 4.69) is 67.8 Å². The predicted molar refractivity (Wildman–Crippen MR) is 147 cm³/mol. The van der Waals surface area contributed by atoms with Crippen molar-refractivity contribution >= 4 is 46.6 Å². The fraction of sp³-hybridized carbons (Fsp3) is 0.346. The zero-order valence-corrected chi connectivity index (χ0v) is 22.1. The molecule has 0 bridgehead atoms. The lowest BCUT2D eigenvalue weighted by Crippen LogP contribution is -2.38. The molecule has 1 N–H and O–H groups in total.